The average molecular weight is 521 g/mol. The Balaban J connectivity index is 1.14. The van der Waals surface area contributed by atoms with Gasteiger partial charge in [-0.25, -0.2) is 0 Å². The maximum absolute atomic E-state index is 13.7. The number of likely N-dealkylation sites (N-methyl/N-ethyl adjacent to an activating group) is 1. The quantitative estimate of drug-likeness (QED) is 0.351. The molecule has 7 rings (SSSR count). The number of hydrogen-bond donors (Lipinski definition) is 0. The van der Waals surface area contributed by atoms with Crippen LogP contribution in [0.5, 0.6) is 5.75 Å². The van der Waals surface area contributed by atoms with E-state index in [0.29, 0.717) is 23.8 Å². The molecule has 7 nitrogen and oxygen atoms in total. The van der Waals surface area contributed by atoms with Crippen molar-refractivity contribution >= 4 is 11.6 Å². The molecule has 4 heterocycles. The molecule has 3 aromatic carbocycles. The molecular formula is C32H32N4O3. The fourth-order valence-corrected chi connectivity index (χ4v) is 6.64. The van der Waals surface area contributed by atoms with Crippen molar-refractivity contribution < 1.29 is 14.1 Å². The van der Waals surface area contributed by atoms with Gasteiger partial charge in [-0.2, -0.15) is 4.98 Å². The topological polar surface area (TPSA) is 71.7 Å². The number of aromatic nitrogens is 2. The lowest BCUT2D eigenvalue weighted by atomic mass is 9.75. The first-order chi connectivity index (χ1) is 18.9. The number of ether oxygens (including phenoxy) is 1. The molecule has 0 N–H and O–H groups in total. The van der Waals surface area contributed by atoms with Crippen LogP contribution in [0, 0.1) is 13.8 Å². The van der Waals surface area contributed by atoms with E-state index < -0.39 is 0 Å². The number of piperidine rings is 1. The predicted molar refractivity (Wildman–Crippen MR) is 150 cm³/mol. The van der Waals surface area contributed by atoms with Gasteiger partial charge in [0.1, 0.15) is 5.75 Å². The van der Waals surface area contributed by atoms with Gasteiger partial charge in [0.25, 0.3) is 5.91 Å². The van der Waals surface area contributed by atoms with Gasteiger partial charge in [-0.05, 0) is 92.4 Å². The van der Waals surface area contributed by atoms with Crippen molar-refractivity contribution in [3.63, 3.8) is 0 Å². The molecule has 4 aromatic rings. The number of benzene rings is 3. The summed E-state index contributed by atoms with van der Waals surface area (Å²) in [4.78, 5) is 22.4. The van der Waals surface area contributed by atoms with Crippen LogP contribution in [0.1, 0.15) is 45.8 Å². The number of nitrogens with zero attached hydrogens (tertiary/aromatic N) is 4. The van der Waals surface area contributed by atoms with Crippen molar-refractivity contribution in [2.75, 3.05) is 38.2 Å². The van der Waals surface area contributed by atoms with Crippen LogP contribution >= 0.6 is 0 Å². The van der Waals surface area contributed by atoms with E-state index in [1.54, 1.807) is 6.92 Å². The Labute approximate surface area is 228 Å². The standard InChI is InChI=1S/C32H32N4O3/c1-20-15-25(30-33-21(2)39-34-30)9-10-26(20)22-5-7-23(8-6-22)31(37)36-14-11-24-16-29-27(17-28(24)36)32(19-38-29)12-4-13-35(3)18-32/h5-10,15-17H,4,11-14,18-19H2,1-3H3. The van der Waals surface area contributed by atoms with Crippen molar-refractivity contribution in [1.29, 1.82) is 0 Å². The fourth-order valence-electron chi connectivity index (χ4n) is 6.64. The maximum atomic E-state index is 13.7. The molecule has 1 fully saturated rings. The van der Waals surface area contributed by atoms with E-state index in [4.69, 9.17) is 9.26 Å². The highest BCUT2D eigenvalue weighted by atomic mass is 16.5. The van der Waals surface area contributed by atoms with Crippen molar-refractivity contribution in [2.45, 2.75) is 38.5 Å². The van der Waals surface area contributed by atoms with Crippen molar-refractivity contribution in [2.24, 2.45) is 0 Å². The second-order valence-corrected chi connectivity index (χ2v) is 11.3. The Bertz CT molecular complexity index is 1590. The van der Waals surface area contributed by atoms with Crippen molar-refractivity contribution in [1.82, 2.24) is 15.0 Å². The van der Waals surface area contributed by atoms with Gasteiger partial charge in [-0.15, -0.1) is 0 Å². The number of anilines is 1. The van der Waals surface area contributed by atoms with E-state index in [9.17, 15) is 4.79 Å². The summed E-state index contributed by atoms with van der Waals surface area (Å²) in [6.07, 6.45) is 3.16. The zero-order valence-corrected chi connectivity index (χ0v) is 22.7. The Kier molecular flexibility index (Phi) is 5.60. The molecule has 0 radical (unpaired) electrons. The summed E-state index contributed by atoms with van der Waals surface area (Å²) in [5.41, 5.74) is 8.47. The van der Waals surface area contributed by atoms with Gasteiger partial charge in [0.05, 0.1) is 6.61 Å². The molecule has 198 valence electrons. The molecule has 1 spiro atoms. The van der Waals surface area contributed by atoms with Gasteiger partial charge in [0.2, 0.25) is 11.7 Å². The highest BCUT2D eigenvalue weighted by molar-refractivity contribution is 6.07. The van der Waals surface area contributed by atoms with Crippen LogP contribution in [0.4, 0.5) is 5.69 Å². The third-order valence-corrected chi connectivity index (χ3v) is 8.62. The molecule has 39 heavy (non-hydrogen) atoms. The number of amides is 1. The molecule has 1 atom stereocenters. The second kappa shape index (κ2) is 9.06. The molecular weight excluding hydrogens is 488 g/mol. The summed E-state index contributed by atoms with van der Waals surface area (Å²) >= 11 is 0. The third kappa shape index (κ3) is 4.03. The second-order valence-electron chi connectivity index (χ2n) is 11.3. The number of aryl methyl sites for hydroxylation is 2. The minimum Gasteiger partial charge on any atom is -0.492 e. The predicted octanol–water partition coefficient (Wildman–Crippen LogP) is 5.58. The number of fused-ring (bicyclic) bond motifs is 3. The number of rotatable bonds is 3. The van der Waals surface area contributed by atoms with Gasteiger partial charge in [0.15, 0.2) is 0 Å². The molecule has 1 saturated heterocycles. The Morgan fingerprint density at radius 3 is 2.56 bits per heavy atom. The van der Waals surface area contributed by atoms with Gasteiger partial charge in [0, 0.05) is 47.8 Å². The SMILES string of the molecule is Cc1nc(-c2ccc(-c3ccc(C(=O)N4CCc5cc6c(cc54)C4(CCCN(C)C4)CO6)cc3)c(C)c2)no1. The lowest BCUT2D eigenvalue weighted by molar-refractivity contribution is 0.0989. The van der Waals surface area contributed by atoms with Crippen LogP contribution in [0.2, 0.25) is 0 Å². The summed E-state index contributed by atoms with van der Waals surface area (Å²) < 4.78 is 11.3. The van der Waals surface area contributed by atoms with Crippen LogP contribution < -0.4 is 9.64 Å². The lowest BCUT2D eigenvalue weighted by Crippen LogP contribution is -2.45. The molecule has 1 unspecified atom stereocenters. The van der Waals surface area contributed by atoms with Gasteiger partial charge >= 0.3 is 0 Å². The zero-order chi connectivity index (χ0) is 26.7. The molecule has 3 aliphatic rings. The number of carbonyl (C=O) groups is 1. The molecule has 1 amide bonds. The molecule has 0 saturated carbocycles. The van der Waals surface area contributed by atoms with Gasteiger partial charge in [-0.3, -0.25) is 4.79 Å². The minimum absolute atomic E-state index is 0.0340. The maximum Gasteiger partial charge on any atom is 0.258 e. The lowest BCUT2D eigenvalue weighted by Gasteiger charge is -2.38. The fraction of sp³-hybridized carbons (Fsp3) is 0.344. The van der Waals surface area contributed by atoms with Crippen molar-refractivity contribution in [3.05, 3.63) is 82.7 Å². The summed E-state index contributed by atoms with van der Waals surface area (Å²) in [5.74, 6) is 2.20. The monoisotopic (exact) mass is 520 g/mol. The molecule has 3 aliphatic heterocycles. The van der Waals surface area contributed by atoms with Crippen molar-refractivity contribution in [3.8, 4) is 28.3 Å². The molecule has 7 heteroatoms. The molecule has 0 bridgehead atoms. The van der Waals surface area contributed by atoms with Crippen LogP contribution in [0.25, 0.3) is 22.5 Å². The zero-order valence-electron chi connectivity index (χ0n) is 22.7. The van der Waals surface area contributed by atoms with Gasteiger partial charge in [-0.1, -0.05) is 29.4 Å². The first-order valence-electron chi connectivity index (χ1n) is 13.7. The first-order valence-corrected chi connectivity index (χ1v) is 13.7. The smallest absolute Gasteiger partial charge is 0.258 e. The number of likely N-dealkylation sites (tertiary alicyclic amines) is 1. The molecule has 0 aliphatic carbocycles. The Morgan fingerprint density at radius 1 is 1.00 bits per heavy atom. The minimum atomic E-state index is 0.0340. The Hall–Kier alpha value is -3.97. The normalized spacial score (nSPS) is 20.2. The summed E-state index contributed by atoms with van der Waals surface area (Å²) in [6, 6.07) is 18.6. The van der Waals surface area contributed by atoms with E-state index in [1.807, 2.05) is 35.2 Å². The van der Waals surface area contributed by atoms with Gasteiger partial charge < -0.3 is 19.1 Å². The van der Waals surface area contributed by atoms with E-state index in [1.165, 1.54) is 17.5 Å². The number of hydrogen-bond acceptors (Lipinski definition) is 6. The van der Waals surface area contributed by atoms with Crippen LogP contribution in [-0.4, -0.2) is 54.2 Å². The van der Waals surface area contributed by atoms with E-state index in [0.717, 1.165) is 66.2 Å². The van der Waals surface area contributed by atoms with Crippen LogP contribution in [-0.2, 0) is 11.8 Å². The van der Waals surface area contributed by atoms with E-state index in [2.05, 4.69) is 53.3 Å². The van der Waals surface area contributed by atoms with Crippen LogP contribution in [0.3, 0.4) is 0 Å². The highest BCUT2D eigenvalue weighted by Gasteiger charge is 2.44. The summed E-state index contributed by atoms with van der Waals surface area (Å²) in [7, 11) is 2.19. The first kappa shape index (κ1) is 24.1. The summed E-state index contributed by atoms with van der Waals surface area (Å²) in [5, 5.41) is 4.02. The van der Waals surface area contributed by atoms with Crippen LogP contribution in [0.15, 0.2) is 59.1 Å². The summed E-state index contributed by atoms with van der Waals surface area (Å²) in [6.45, 7) is 7.43. The largest absolute Gasteiger partial charge is 0.492 e. The number of carbonyl (C=O) groups excluding carboxylic acids is 1. The molecule has 1 aromatic heterocycles. The average Bonchev–Trinajstić information content (AvgIpc) is 3.65. The van der Waals surface area contributed by atoms with E-state index in [-0.39, 0.29) is 11.3 Å². The highest BCUT2D eigenvalue weighted by Crippen LogP contribution is 2.48. The Morgan fingerprint density at radius 2 is 1.82 bits per heavy atom. The van der Waals surface area contributed by atoms with E-state index >= 15 is 0 Å². The third-order valence-electron chi connectivity index (χ3n) is 8.62.